The number of nitrogens with one attached hydrogen (secondary N) is 1. The maximum absolute atomic E-state index is 6.36. The zero-order valence-electron chi connectivity index (χ0n) is 16.8. The Labute approximate surface area is 195 Å². The van der Waals surface area contributed by atoms with E-state index in [9.17, 15) is 0 Å². The number of hydrogen-bond donors (Lipinski definition) is 2. The van der Waals surface area contributed by atoms with Gasteiger partial charge in [-0.25, -0.2) is 9.97 Å². The van der Waals surface area contributed by atoms with E-state index < -0.39 is 0 Å². The lowest BCUT2D eigenvalue weighted by molar-refractivity contribution is 0.403. The molecule has 1 fully saturated rings. The Balaban J connectivity index is 0.00000160. The highest BCUT2D eigenvalue weighted by Gasteiger charge is 2.22. The van der Waals surface area contributed by atoms with Gasteiger partial charge in [-0.05, 0) is 55.7 Å². The van der Waals surface area contributed by atoms with Gasteiger partial charge in [0.15, 0.2) is 5.82 Å². The van der Waals surface area contributed by atoms with Crippen LogP contribution in [0.4, 0.5) is 5.82 Å². The summed E-state index contributed by atoms with van der Waals surface area (Å²) in [5, 5.41) is 5.39. The Morgan fingerprint density at radius 3 is 2.47 bits per heavy atom. The minimum absolute atomic E-state index is 0. The van der Waals surface area contributed by atoms with Crippen LogP contribution >= 0.6 is 36.4 Å². The molecule has 1 aliphatic rings. The second kappa shape index (κ2) is 11.0. The van der Waals surface area contributed by atoms with E-state index >= 15 is 0 Å². The zero-order chi connectivity index (χ0) is 19.5. The fraction of sp³-hybridized carbons (Fsp3) is 0.304. The van der Waals surface area contributed by atoms with Gasteiger partial charge in [0.2, 0.25) is 0 Å². The summed E-state index contributed by atoms with van der Waals surface area (Å²) >= 11 is 5.96. The van der Waals surface area contributed by atoms with Gasteiger partial charge in [-0.2, -0.15) is 0 Å². The number of benzene rings is 2. The molecule has 0 amide bonds. The maximum atomic E-state index is 6.36. The van der Waals surface area contributed by atoms with E-state index in [0.717, 1.165) is 40.1 Å². The molecule has 1 heterocycles. The molecule has 2 aromatic carbocycles. The molecule has 0 bridgehead atoms. The Morgan fingerprint density at radius 2 is 1.73 bits per heavy atom. The molecule has 4 rings (SSSR count). The van der Waals surface area contributed by atoms with E-state index in [1.807, 2.05) is 36.4 Å². The minimum Gasteiger partial charge on any atom is -0.365 e. The number of aromatic nitrogens is 2. The first-order valence-corrected chi connectivity index (χ1v) is 10.2. The van der Waals surface area contributed by atoms with Crippen LogP contribution in [0, 0.1) is 6.92 Å². The predicted molar refractivity (Wildman–Crippen MR) is 133 cm³/mol. The average Bonchev–Trinajstić information content (AvgIpc) is 2.70. The van der Waals surface area contributed by atoms with Crippen LogP contribution in [0.15, 0.2) is 42.5 Å². The number of rotatable bonds is 4. The van der Waals surface area contributed by atoms with Gasteiger partial charge in [0.1, 0.15) is 5.82 Å². The van der Waals surface area contributed by atoms with Crippen LogP contribution in [0.1, 0.15) is 42.6 Å². The highest BCUT2D eigenvalue weighted by atomic mass is 35.5. The van der Waals surface area contributed by atoms with Crippen molar-refractivity contribution in [3.63, 3.8) is 0 Å². The molecule has 1 aliphatic carbocycles. The van der Waals surface area contributed by atoms with E-state index in [2.05, 4.69) is 30.4 Å². The molecule has 0 spiro atoms. The smallest absolute Gasteiger partial charge is 0.154 e. The fourth-order valence-corrected chi connectivity index (χ4v) is 3.83. The molecule has 2 unspecified atom stereocenters. The standard InChI is InChI=1S/C23H25ClN4.2ClH/c1-15-6-12-20-18(14-15)23(27-21-5-3-2-4-19(21)25)28-22(26-20)13-9-16-7-10-17(24)11-8-16;;/h6-14,19,21H,2-5,25H2,1H3,(H,26,27,28);2*1H. The third-order valence-corrected chi connectivity index (χ3v) is 5.56. The van der Waals surface area contributed by atoms with Crippen molar-refractivity contribution < 1.29 is 0 Å². The number of fused-ring (bicyclic) bond motifs is 1. The Kier molecular flexibility index (Phi) is 8.92. The number of nitrogens with two attached hydrogens (primary N) is 1. The third kappa shape index (κ3) is 5.86. The molecule has 0 radical (unpaired) electrons. The van der Waals surface area contributed by atoms with Crippen LogP contribution in [0.3, 0.4) is 0 Å². The van der Waals surface area contributed by atoms with Crippen LogP contribution < -0.4 is 11.1 Å². The monoisotopic (exact) mass is 464 g/mol. The van der Waals surface area contributed by atoms with Gasteiger partial charge in [0.25, 0.3) is 0 Å². The number of nitrogens with zero attached hydrogens (tertiary/aromatic N) is 2. The summed E-state index contributed by atoms with van der Waals surface area (Å²) < 4.78 is 0. The van der Waals surface area contributed by atoms with Crippen molar-refractivity contribution in [3.8, 4) is 0 Å². The van der Waals surface area contributed by atoms with Crippen LogP contribution in [0.25, 0.3) is 23.1 Å². The van der Waals surface area contributed by atoms with Crippen molar-refractivity contribution in [1.82, 2.24) is 9.97 Å². The molecule has 4 nitrogen and oxygen atoms in total. The van der Waals surface area contributed by atoms with Crippen molar-refractivity contribution >= 4 is 65.3 Å². The first-order valence-electron chi connectivity index (χ1n) is 9.83. The quantitative estimate of drug-likeness (QED) is 0.475. The van der Waals surface area contributed by atoms with Crippen LogP contribution in [0.2, 0.25) is 5.02 Å². The first kappa shape index (κ1) is 24.4. The van der Waals surface area contributed by atoms with Gasteiger partial charge in [-0.3, -0.25) is 0 Å². The van der Waals surface area contributed by atoms with Crippen LogP contribution in [-0.2, 0) is 0 Å². The third-order valence-electron chi connectivity index (χ3n) is 5.30. The van der Waals surface area contributed by atoms with Crippen molar-refractivity contribution in [2.45, 2.75) is 44.7 Å². The summed E-state index contributed by atoms with van der Waals surface area (Å²) in [6, 6.07) is 14.4. The Hall–Kier alpha value is -1.85. The van der Waals surface area contributed by atoms with Gasteiger partial charge in [-0.1, -0.05) is 54.3 Å². The fourth-order valence-electron chi connectivity index (χ4n) is 3.70. The second-order valence-electron chi connectivity index (χ2n) is 7.54. The van der Waals surface area contributed by atoms with Crippen LogP contribution in [-0.4, -0.2) is 22.1 Å². The van der Waals surface area contributed by atoms with E-state index in [1.54, 1.807) is 0 Å². The number of anilines is 1. The van der Waals surface area contributed by atoms with Gasteiger partial charge in [0.05, 0.1) is 5.52 Å². The molecule has 2 atom stereocenters. The minimum atomic E-state index is 0. The van der Waals surface area contributed by atoms with Crippen molar-refractivity contribution in [2.24, 2.45) is 5.73 Å². The van der Waals surface area contributed by atoms with E-state index in [-0.39, 0.29) is 36.9 Å². The van der Waals surface area contributed by atoms with Gasteiger partial charge in [-0.15, -0.1) is 24.8 Å². The zero-order valence-corrected chi connectivity index (χ0v) is 19.2. The molecule has 30 heavy (non-hydrogen) atoms. The topological polar surface area (TPSA) is 63.8 Å². The summed E-state index contributed by atoms with van der Waals surface area (Å²) in [6.45, 7) is 2.09. The van der Waals surface area contributed by atoms with Crippen molar-refractivity contribution in [3.05, 3.63) is 64.4 Å². The lowest BCUT2D eigenvalue weighted by atomic mass is 9.91. The largest absolute Gasteiger partial charge is 0.365 e. The van der Waals surface area contributed by atoms with E-state index in [0.29, 0.717) is 5.82 Å². The predicted octanol–water partition coefficient (Wildman–Crippen LogP) is 6.29. The molecule has 3 N–H and O–H groups in total. The number of hydrogen-bond acceptors (Lipinski definition) is 4. The lowest BCUT2D eigenvalue weighted by Crippen LogP contribution is -2.42. The summed E-state index contributed by atoms with van der Waals surface area (Å²) in [5.41, 5.74) is 9.54. The van der Waals surface area contributed by atoms with E-state index in [4.69, 9.17) is 27.3 Å². The molecule has 160 valence electrons. The molecule has 0 aliphatic heterocycles. The van der Waals surface area contributed by atoms with Gasteiger partial charge >= 0.3 is 0 Å². The highest BCUT2D eigenvalue weighted by molar-refractivity contribution is 6.30. The number of aryl methyl sites for hydroxylation is 1. The van der Waals surface area contributed by atoms with Gasteiger partial charge in [0, 0.05) is 22.5 Å². The molecule has 1 saturated carbocycles. The lowest BCUT2D eigenvalue weighted by Gasteiger charge is -2.30. The van der Waals surface area contributed by atoms with E-state index in [1.165, 1.54) is 18.4 Å². The molecule has 7 heteroatoms. The van der Waals surface area contributed by atoms with Gasteiger partial charge < -0.3 is 11.1 Å². The molecule has 3 aromatic rings. The summed E-state index contributed by atoms with van der Waals surface area (Å²) in [4.78, 5) is 9.54. The molecule has 0 saturated heterocycles. The summed E-state index contributed by atoms with van der Waals surface area (Å²) in [6.07, 6.45) is 8.49. The first-order chi connectivity index (χ1) is 13.6. The van der Waals surface area contributed by atoms with Crippen molar-refractivity contribution in [1.29, 1.82) is 0 Å². The normalized spacial score (nSPS) is 18.6. The molecule has 1 aromatic heterocycles. The van der Waals surface area contributed by atoms with Crippen LogP contribution in [0.5, 0.6) is 0 Å². The SMILES string of the molecule is Cc1ccc2nc(C=Cc3ccc(Cl)cc3)nc(NC3CCCCC3N)c2c1.Cl.Cl. The highest BCUT2D eigenvalue weighted by Crippen LogP contribution is 2.26. The van der Waals surface area contributed by atoms with Crippen molar-refractivity contribution in [2.75, 3.05) is 5.32 Å². The summed E-state index contributed by atoms with van der Waals surface area (Å²) in [5.74, 6) is 1.55. The molecular formula is C23H27Cl3N4. The maximum Gasteiger partial charge on any atom is 0.154 e. The second-order valence-corrected chi connectivity index (χ2v) is 7.97. The molecular weight excluding hydrogens is 439 g/mol. The summed E-state index contributed by atoms with van der Waals surface area (Å²) in [7, 11) is 0. The Bertz CT molecular complexity index is 1010. The average molecular weight is 466 g/mol. The number of halogens is 3. The Morgan fingerprint density at radius 1 is 1.00 bits per heavy atom.